The number of carbonyl (C=O) groups excluding carboxylic acids is 2. The largest absolute Gasteiger partial charge is 0.339 e. The molecule has 1 saturated carbocycles. The van der Waals surface area contributed by atoms with Crippen LogP contribution in [0.4, 0.5) is 4.39 Å². The number of benzene rings is 2. The van der Waals surface area contributed by atoms with E-state index in [1.807, 2.05) is 30.0 Å². The van der Waals surface area contributed by atoms with Gasteiger partial charge in [-0.15, -0.1) is 0 Å². The van der Waals surface area contributed by atoms with Crippen molar-refractivity contribution in [1.29, 1.82) is 0 Å². The number of halogens is 1. The third-order valence-corrected chi connectivity index (χ3v) is 6.68. The van der Waals surface area contributed by atoms with Gasteiger partial charge in [-0.3, -0.25) is 14.4 Å². The first-order chi connectivity index (χ1) is 16.5. The molecule has 1 aliphatic carbocycles. The lowest BCUT2D eigenvalue weighted by molar-refractivity contribution is -0.134. The van der Waals surface area contributed by atoms with E-state index in [0.29, 0.717) is 50.2 Å². The maximum Gasteiger partial charge on any atom is 0.274 e. The Morgan fingerprint density at radius 2 is 1.68 bits per heavy atom. The van der Waals surface area contributed by atoms with Gasteiger partial charge >= 0.3 is 0 Å². The second-order valence-electron chi connectivity index (χ2n) is 9.00. The lowest BCUT2D eigenvalue weighted by atomic mass is 10.0. The third kappa shape index (κ3) is 4.20. The summed E-state index contributed by atoms with van der Waals surface area (Å²) in [5.74, 6) is -0.604. The molecule has 2 fully saturated rings. The van der Waals surface area contributed by atoms with E-state index >= 15 is 0 Å². The molecular formula is C26H27FN4O3. The summed E-state index contributed by atoms with van der Waals surface area (Å²) in [6, 6.07) is 11.9. The average molecular weight is 463 g/mol. The van der Waals surface area contributed by atoms with Gasteiger partial charge in [-0.05, 0) is 43.5 Å². The predicted molar refractivity (Wildman–Crippen MR) is 126 cm³/mol. The normalized spacial score (nSPS) is 16.2. The molecule has 8 heteroatoms. The zero-order chi connectivity index (χ0) is 23.8. The second kappa shape index (κ2) is 9.00. The molecule has 5 rings (SSSR count). The van der Waals surface area contributed by atoms with Gasteiger partial charge in [-0.2, -0.15) is 5.10 Å². The van der Waals surface area contributed by atoms with Crippen molar-refractivity contribution in [2.45, 2.75) is 32.7 Å². The van der Waals surface area contributed by atoms with Crippen LogP contribution in [0.5, 0.6) is 0 Å². The summed E-state index contributed by atoms with van der Waals surface area (Å²) >= 11 is 0. The molecule has 0 radical (unpaired) electrons. The van der Waals surface area contributed by atoms with Crippen LogP contribution in [-0.2, 0) is 17.8 Å². The Kier molecular flexibility index (Phi) is 5.89. The van der Waals surface area contributed by atoms with E-state index in [0.717, 1.165) is 23.8 Å². The Labute approximate surface area is 196 Å². The molecule has 2 aromatic carbocycles. The summed E-state index contributed by atoms with van der Waals surface area (Å²) in [5.41, 5.74) is 1.32. The number of aryl methyl sites for hydroxylation is 1. The lowest BCUT2D eigenvalue weighted by Gasteiger charge is -2.35. The Morgan fingerprint density at radius 1 is 1.00 bits per heavy atom. The monoisotopic (exact) mass is 462 g/mol. The molecule has 1 aliphatic heterocycles. The minimum Gasteiger partial charge on any atom is -0.339 e. The third-order valence-electron chi connectivity index (χ3n) is 6.68. The lowest BCUT2D eigenvalue weighted by Crippen LogP contribution is -2.51. The van der Waals surface area contributed by atoms with Crippen molar-refractivity contribution in [2.24, 2.45) is 5.92 Å². The molecule has 0 spiro atoms. The topological polar surface area (TPSA) is 75.5 Å². The summed E-state index contributed by atoms with van der Waals surface area (Å²) < 4.78 is 16.1. The molecule has 0 unspecified atom stereocenters. The van der Waals surface area contributed by atoms with Crippen LogP contribution in [0.2, 0.25) is 0 Å². The number of piperazine rings is 1. The molecule has 1 saturated heterocycles. The first-order valence-electron chi connectivity index (χ1n) is 11.8. The number of amides is 2. The number of nitrogens with zero attached hydrogens (tertiary/aromatic N) is 4. The van der Waals surface area contributed by atoms with Crippen LogP contribution in [0.25, 0.3) is 10.8 Å². The molecule has 7 nitrogen and oxygen atoms in total. The van der Waals surface area contributed by atoms with Crippen LogP contribution in [0.1, 0.15) is 41.4 Å². The van der Waals surface area contributed by atoms with Gasteiger partial charge in [0.1, 0.15) is 5.82 Å². The second-order valence-corrected chi connectivity index (χ2v) is 9.00. The molecular weight excluding hydrogens is 435 g/mol. The molecule has 0 N–H and O–H groups in total. The van der Waals surface area contributed by atoms with E-state index in [9.17, 15) is 18.8 Å². The number of carbonyl (C=O) groups is 2. The van der Waals surface area contributed by atoms with E-state index in [-0.39, 0.29) is 28.9 Å². The highest BCUT2D eigenvalue weighted by atomic mass is 19.1. The molecule has 0 bridgehead atoms. The zero-order valence-electron chi connectivity index (χ0n) is 19.2. The molecule has 2 amide bonds. The minimum atomic E-state index is -0.568. The van der Waals surface area contributed by atoms with Gasteiger partial charge in [-0.25, -0.2) is 9.07 Å². The van der Waals surface area contributed by atoms with Crippen molar-refractivity contribution in [3.8, 4) is 0 Å². The summed E-state index contributed by atoms with van der Waals surface area (Å²) in [6.45, 7) is 4.07. The fraction of sp³-hybridized carbons (Fsp3) is 0.385. The van der Waals surface area contributed by atoms with Gasteiger partial charge < -0.3 is 9.80 Å². The summed E-state index contributed by atoms with van der Waals surface area (Å²) in [6.07, 6.45) is 2.27. The first kappa shape index (κ1) is 22.3. The standard InChI is InChI=1S/C26H27FN4O3/c1-2-31-26(34)20-6-4-3-5-19(20)23(28-31)16-17-7-10-22(27)21(15-17)25(33)30-13-11-29(12-14-30)24(32)18-8-9-18/h3-7,10,15,18H,2,8-9,11-14,16H2,1H3. The van der Waals surface area contributed by atoms with Crippen LogP contribution in [0.15, 0.2) is 47.3 Å². The summed E-state index contributed by atoms with van der Waals surface area (Å²) in [5, 5.41) is 5.87. The predicted octanol–water partition coefficient (Wildman–Crippen LogP) is 2.84. The molecule has 176 valence electrons. The van der Waals surface area contributed by atoms with E-state index in [1.165, 1.54) is 10.7 Å². The Morgan fingerprint density at radius 3 is 2.35 bits per heavy atom. The van der Waals surface area contributed by atoms with Crippen LogP contribution < -0.4 is 5.56 Å². The number of aromatic nitrogens is 2. The SMILES string of the molecule is CCn1nc(Cc2ccc(F)c(C(=O)N3CCN(C(=O)C4CC4)CC3)c2)c2ccccc2c1=O. The van der Waals surface area contributed by atoms with Gasteiger partial charge in [0.05, 0.1) is 16.6 Å². The van der Waals surface area contributed by atoms with E-state index < -0.39 is 5.82 Å². The maximum absolute atomic E-state index is 14.7. The van der Waals surface area contributed by atoms with Crippen molar-refractivity contribution in [3.63, 3.8) is 0 Å². The van der Waals surface area contributed by atoms with Gasteiger partial charge in [-0.1, -0.05) is 24.3 Å². The van der Waals surface area contributed by atoms with Gasteiger partial charge in [0.25, 0.3) is 11.5 Å². The highest BCUT2D eigenvalue weighted by Crippen LogP contribution is 2.31. The van der Waals surface area contributed by atoms with Crippen molar-refractivity contribution in [1.82, 2.24) is 19.6 Å². The highest BCUT2D eigenvalue weighted by molar-refractivity contribution is 5.95. The zero-order valence-corrected chi connectivity index (χ0v) is 19.2. The Balaban J connectivity index is 1.37. The molecule has 1 aromatic heterocycles. The number of hydrogen-bond acceptors (Lipinski definition) is 4. The van der Waals surface area contributed by atoms with Crippen LogP contribution in [-0.4, -0.2) is 57.6 Å². The molecule has 2 heterocycles. The van der Waals surface area contributed by atoms with Gasteiger partial charge in [0, 0.05) is 50.4 Å². The van der Waals surface area contributed by atoms with Crippen LogP contribution >= 0.6 is 0 Å². The van der Waals surface area contributed by atoms with Crippen molar-refractivity contribution in [3.05, 3.63) is 75.5 Å². The maximum atomic E-state index is 14.7. The van der Waals surface area contributed by atoms with Crippen LogP contribution in [0, 0.1) is 11.7 Å². The van der Waals surface area contributed by atoms with Crippen LogP contribution in [0.3, 0.4) is 0 Å². The van der Waals surface area contributed by atoms with E-state index in [1.54, 1.807) is 23.1 Å². The van der Waals surface area contributed by atoms with Crippen molar-refractivity contribution in [2.75, 3.05) is 26.2 Å². The fourth-order valence-electron chi connectivity index (χ4n) is 4.58. The van der Waals surface area contributed by atoms with E-state index in [2.05, 4.69) is 5.10 Å². The number of rotatable bonds is 5. The van der Waals surface area contributed by atoms with Crippen molar-refractivity contribution >= 4 is 22.6 Å². The van der Waals surface area contributed by atoms with E-state index in [4.69, 9.17) is 0 Å². The first-order valence-corrected chi connectivity index (χ1v) is 11.8. The Bertz CT molecular complexity index is 1320. The van der Waals surface area contributed by atoms with Gasteiger partial charge in [0.15, 0.2) is 0 Å². The molecule has 3 aromatic rings. The average Bonchev–Trinajstić information content (AvgIpc) is 3.72. The molecule has 34 heavy (non-hydrogen) atoms. The summed E-state index contributed by atoms with van der Waals surface area (Å²) in [7, 11) is 0. The quantitative estimate of drug-likeness (QED) is 0.584. The minimum absolute atomic E-state index is 0.0209. The Hall–Kier alpha value is -3.55. The summed E-state index contributed by atoms with van der Waals surface area (Å²) in [4.78, 5) is 41.4. The smallest absolute Gasteiger partial charge is 0.274 e. The fourth-order valence-corrected chi connectivity index (χ4v) is 4.58. The number of fused-ring (bicyclic) bond motifs is 1. The van der Waals surface area contributed by atoms with Gasteiger partial charge in [0.2, 0.25) is 5.91 Å². The molecule has 2 aliphatic rings. The van der Waals surface area contributed by atoms with Crippen molar-refractivity contribution < 1.29 is 14.0 Å². The molecule has 0 atom stereocenters. The number of hydrogen-bond donors (Lipinski definition) is 0. The highest BCUT2D eigenvalue weighted by Gasteiger charge is 2.35.